The van der Waals surface area contributed by atoms with Gasteiger partial charge in [0.15, 0.2) is 0 Å². The highest BCUT2D eigenvalue weighted by atomic mass is 19.1. The number of likely N-dealkylation sites (N-methyl/N-ethyl adjacent to an activating group) is 2. The lowest BCUT2D eigenvalue weighted by Crippen LogP contribution is -2.59. The molecule has 0 saturated carbocycles. The first-order valence-electron chi connectivity index (χ1n) is 21.2. The number of carboxylic acid groups (broad SMARTS) is 2. The average molecular weight is 856 g/mol. The zero-order chi connectivity index (χ0) is 45.4. The van der Waals surface area contributed by atoms with E-state index < -0.39 is 76.6 Å². The highest BCUT2D eigenvalue weighted by Crippen LogP contribution is 2.50. The summed E-state index contributed by atoms with van der Waals surface area (Å²) >= 11 is 0. The monoisotopic (exact) mass is 855 g/mol. The number of hydrogen-bond donors (Lipinski definition) is 4. The Morgan fingerprint density at radius 3 is 1.39 bits per heavy atom. The largest absolute Gasteiger partial charge is 0.465 e. The maximum absolute atomic E-state index is 14.5. The fourth-order valence-electron chi connectivity index (χ4n) is 10.4. The molecule has 3 saturated heterocycles. The molecule has 6 rings (SSSR count). The van der Waals surface area contributed by atoms with Gasteiger partial charge in [-0.1, -0.05) is 76.2 Å². The minimum absolute atomic E-state index is 0.205. The topological polar surface area (TPSA) is 211 Å². The van der Waals surface area contributed by atoms with E-state index in [1.165, 1.54) is 36.0 Å². The zero-order valence-corrected chi connectivity index (χ0v) is 36.2. The summed E-state index contributed by atoms with van der Waals surface area (Å²) in [4.78, 5) is 87.1. The fourth-order valence-corrected chi connectivity index (χ4v) is 10.4. The Bertz CT molecular complexity index is 2090. The van der Waals surface area contributed by atoms with Crippen molar-refractivity contribution in [3.05, 3.63) is 101 Å². The Morgan fingerprint density at radius 2 is 1.05 bits per heavy atom. The lowest BCUT2D eigenvalue weighted by Gasteiger charge is -2.41. The van der Waals surface area contributed by atoms with Gasteiger partial charge in [-0.05, 0) is 96.9 Å². The van der Waals surface area contributed by atoms with E-state index in [9.17, 15) is 43.4 Å². The van der Waals surface area contributed by atoms with Crippen LogP contribution in [0.2, 0.25) is 0 Å². The van der Waals surface area contributed by atoms with Gasteiger partial charge in [-0.3, -0.25) is 29.0 Å². The van der Waals surface area contributed by atoms with Gasteiger partial charge in [0.25, 0.3) is 0 Å². The SMILES string of the molecule is CC(C)[C@@H](C(=O)N1CCC[C@@]1(C(N)=O)c1cccc([C@@H]2CC[C@@H](c3cccc([C@]4(C(N)=O)CCCN4C(=O)[C@H](C(C)C)N(C)C(=O)O)c3)N2c2ccc(F)cc2)c1)N(C)C(=O)O. The molecule has 3 fully saturated rings. The number of nitrogens with zero attached hydrogens (tertiary/aromatic N) is 5. The molecule has 3 aliphatic rings. The van der Waals surface area contributed by atoms with Crippen LogP contribution in [0.25, 0.3) is 0 Å². The highest BCUT2D eigenvalue weighted by Gasteiger charge is 2.54. The molecule has 6 atom stereocenters. The standard InChI is InChI=1S/C46H58FN7O8/c1-27(2)37(50(5)43(59)60)39(55)52-23-9-21-45(52,41(48)57)31-13-7-11-29(25-31)35-19-20-36(54(35)34-17-15-33(47)16-18-34)30-12-8-14-32(26-30)46(42(49)58)22-10-24-53(46)40(56)38(28(3)4)51(6)44(61)62/h7-8,11-18,25-28,35-38H,9-10,19-24H2,1-6H3,(H2,48,57)(H2,49,58)(H,59,60)(H,61,62)/t35-,36-,37-,38-,45-,46-/m0/s1. The average Bonchev–Trinajstić information content (AvgIpc) is 3.99. The van der Waals surface area contributed by atoms with Gasteiger partial charge in [0.1, 0.15) is 29.0 Å². The molecule has 0 aliphatic carbocycles. The molecule has 15 nitrogen and oxygen atoms in total. The van der Waals surface area contributed by atoms with Crippen LogP contribution in [0.4, 0.5) is 19.7 Å². The molecule has 6 amide bonds. The third kappa shape index (κ3) is 7.79. The number of carbonyl (C=O) groups is 6. The van der Waals surface area contributed by atoms with Crippen molar-refractivity contribution in [2.24, 2.45) is 23.3 Å². The molecular formula is C46H58FN7O8. The molecule has 3 aliphatic heterocycles. The van der Waals surface area contributed by atoms with Crippen LogP contribution in [0.5, 0.6) is 0 Å². The third-order valence-corrected chi connectivity index (χ3v) is 13.3. The zero-order valence-electron chi connectivity index (χ0n) is 36.2. The van der Waals surface area contributed by atoms with Crippen molar-refractivity contribution >= 4 is 41.5 Å². The van der Waals surface area contributed by atoms with Gasteiger partial charge in [-0.15, -0.1) is 0 Å². The van der Waals surface area contributed by atoms with Crippen molar-refractivity contribution in [2.75, 3.05) is 32.1 Å². The number of hydrogen-bond acceptors (Lipinski definition) is 7. The third-order valence-electron chi connectivity index (χ3n) is 13.3. The number of likely N-dealkylation sites (tertiary alicyclic amines) is 2. The summed E-state index contributed by atoms with van der Waals surface area (Å²) in [7, 11) is 2.67. The summed E-state index contributed by atoms with van der Waals surface area (Å²) in [5, 5.41) is 19.7. The van der Waals surface area contributed by atoms with Crippen LogP contribution in [-0.2, 0) is 30.3 Å². The van der Waals surface area contributed by atoms with E-state index in [1.54, 1.807) is 52.0 Å². The molecule has 62 heavy (non-hydrogen) atoms. The molecule has 3 heterocycles. The van der Waals surface area contributed by atoms with Gasteiger partial charge in [0, 0.05) is 32.9 Å². The van der Waals surface area contributed by atoms with E-state index >= 15 is 0 Å². The Kier molecular flexibility index (Phi) is 12.9. The van der Waals surface area contributed by atoms with Gasteiger partial charge in [-0.25, -0.2) is 14.0 Å². The van der Waals surface area contributed by atoms with Crippen molar-refractivity contribution < 1.29 is 43.4 Å². The molecule has 0 aromatic heterocycles. The van der Waals surface area contributed by atoms with Crippen molar-refractivity contribution in [1.29, 1.82) is 0 Å². The Morgan fingerprint density at radius 1 is 0.661 bits per heavy atom. The number of anilines is 1. The van der Waals surface area contributed by atoms with Crippen molar-refractivity contribution in [3.63, 3.8) is 0 Å². The fraction of sp³-hybridized carbons (Fsp3) is 0.478. The number of halogens is 1. The summed E-state index contributed by atoms with van der Waals surface area (Å²) in [6.45, 7) is 7.41. The van der Waals surface area contributed by atoms with Crippen LogP contribution >= 0.6 is 0 Å². The second-order valence-electron chi connectivity index (χ2n) is 17.5. The van der Waals surface area contributed by atoms with E-state index in [0.29, 0.717) is 42.5 Å². The quantitative estimate of drug-likeness (QED) is 0.164. The molecule has 332 valence electrons. The number of amides is 6. The second kappa shape index (κ2) is 17.7. The number of carbonyl (C=O) groups excluding carboxylic acids is 4. The summed E-state index contributed by atoms with van der Waals surface area (Å²) in [5.41, 5.74) is 12.7. The second-order valence-corrected chi connectivity index (χ2v) is 17.5. The molecular weight excluding hydrogens is 798 g/mol. The lowest BCUT2D eigenvalue weighted by atomic mass is 9.83. The van der Waals surface area contributed by atoms with Gasteiger partial charge in [0.2, 0.25) is 23.6 Å². The highest BCUT2D eigenvalue weighted by molar-refractivity contribution is 5.96. The van der Waals surface area contributed by atoms with Crippen molar-refractivity contribution in [3.8, 4) is 0 Å². The minimum Gasteiger partial charge on any atom is -0.465 e. The first kappa shape index (κ1) is 45.3. The number of nitrogens with two attached hydrogens (primary N) is 2. The lowest BCUT2D eigenvalue weighted by molar-refractivity contribution is -0.148. The first-order valence-corrected chi connectivity index (χ1v) is 21.2. The van der Waals surface area contributed by atoms with Crippen molar-refractivity contribution in [1.82, 2.24) is 19.6 Å². The van der Waals surface area contributed by atoms with Crippen LogP contribution in [0.15, 0.2) is 72.8 Å². The van der Waals surface area contributed by atoms with E-state index in [2.05, 4.69) is 4.90 Å². The van der Waals surface area contributed by atoms with Crippen molar-refractivity contribution in [2.45, 2.75) is 101 Å². The molecule has 0 unspecified atom stereocenters. The Hall–Kier alpha value is -6.19. The normalized spacial score (nSPS) is 23.4. The molecule has 0 bridgehead atoms. The van der Waals surface area contributed by atoms with E-state index in [1.807, 2.05) is 36.4 Å². The van der Waals surface area contributed by atoms with Gasteiger partial charge < -0.3 is 36.4 Å². The molecule has 3 aromatic carbocycles. The van der Waals surface area contributed by atoms with Crippen LogP contribution < -0.4 is 16.4 Å². The van der Waals surface area contributed by atoms with Crippen LogP contribution in [0, 0.1) is 17.7 Å². The predicted octanol–water partition coefficient (Wildman–Crippen LogP) is 5.78. The summed E-state index contributed by atoms with van der Waals surface area (Å²) in [5.74, 6) is -3.69. The van der Waals surface area contributed by atoms with Crippen LogP contribution in [0.3, 0.4) is 0 Å². The molecule has 0 radical (unpaired) electrons. The number of benzene rings is 3. The van der Waals surface area contributed by atoms with E-state index in [-0.39, 0.29) is 38.0 Å². The smallest absolute Gasteiger partial charge is 0.407 e. The maximum atomic E-state index is 14.5. The van der Waals surface area contributed by atoms with E-state index in [4.69, 9.17) is 11.5 Å². The van der Waals surface area contributed by atoms with Gasteiger partial charge >= 0.3 is 12.2 Å². The summed E-state index contributed by atoms with van der Waals surface area (Å²) in [6.07, 6.45) is 0.0785. The van der Waals surface area contributed by atoms with E-state index in [0.717, 1.165) is 20.9 Å². The Labute approximate surface area is 361 Å². The first-order chi connectivity index (χ1) is 29.3. The van der Waals surface area contributed by atoms with Crippen LogP contribution in [0.1, 0.15) is 101 Å². The number of rotatable bonds is 13. The molecule has 3 aromatic rings. The summed E-state index contributed by atoms with van der Waals surface area (Å²) in [6, 6.07) is 18.1. The van der Waals surface area contributed by atoms with Gasteiger partial charge in [-0.2, -0.15) is 0 Å². The molecule has 6 N–H and O–H groups in total. The minimum atomic E-state index is -1.55. The van der Waals surface area contributed by atoms with Gasteiger partial charge in [0.05, 0.1) is 12.1 Å². The molecule has 0 spiro atoms. The number of primary amides is 2. The summed E-state index contributed by atoms with van der Waals surface area (Å²) < 4.78 is 14.5. The Balaban J connectivity index is 1.42. The van der Waals surface area contributed by atoms with Crippen LogP contribution in [-0.4, -0.2) is 105 Å². The predicted molar refractivity (Wildman–Crippen MR) is 229 cm³/mol. The molecule has 16 heteroatoms. The maximum Gasteiger partial charge on any atom is 0.407 e.